The van der Waals surface area contributed by atoms with Crippen LogP contribution in [0.2, 0.25) is 0 Å². The fourth-order valence-corrected chi connectivity index (χ4v) is 2.10. The van der Waals surface area contributed by atoms with Crippen molar-refractivity contribution < 1.29 is 4.39 Å². The molecule has 0 saturated carbocycles. The van der Waals surface area contributed by atoms with Crippen molar-refractivity contribution in [2.75, 3.05) is 17.7 Å². The Balaban J connectivity index is 2.17. The summed E-state index contributed by atoms with van der Waals surface area (Å²) in [4.78, 5) is 9.06. The molecule has 112 valence electrons. The van der Waals surface area contributed by atoms with Gasteiger partial charge in [0.25, 0.3) is 0 Å². The van der Waals surface area contributed by atoms with Gasteiger partial charge in [-0.1, -0.05) is 19.1 Å². The molecule has 0 aliphatic heterocycles. The predicted octanol–water partition coefficient (Wildman–Crippen LogP) is 3.53. The van der Waals surface area contributed by atoms with E-state index in [1.807, 2.05) is 14.0 Å². The Labute approximate surface area is 124 Å². The Hall–Kier alpha value is -2.17. The monoisotopic (exact) mass is 288 g/mol. The van der Waals surface area contributed by atoms with Crippen LogP contribution in [0.25, 0.3) is 0 Å². The smallest absolute Gasteiger partial charge is 0.135 e. The lowest BCUT2D eigenvalue weighted by molar-refractivity contribution is 0.627. The summed E-state index contributed by atoms with van der Waals surface area (Å²) in [5.41, 5.74) is 2.00. The van der Waals surface area contributed by atoms with E-state index >= 15 is 0 Å². The van der Waals surface area contributed by atoms with Gasteiger partial charge in [-0.15, -0.1) is 0 Å². The summed E-state index contributed by atoms with van der Waals surface area (Å²) in [7, 11) is 1.86. The molecule has 0 aliphatic carbocycles. The SMILES string of the molecule is CCCc1nc(NC)c(C)c(NCc2ccc(F)cc2)n1. The molecule has 0 unspecified atom stereocenters. The first-order valence-corrected chi connectivity index (χ1v) is 7.17. The van der Waals surface area contributed by atoms with E-state index in [0.29, 0.717) is 6.54 Å². The van der Waals surface area contributed by atoms with Crippen LogP contribution in [0.4, 0.5) is 16.0 Å². The van der Waals surface area contributed by atoms with E-state index in [9.17, 15) is 4.39 Å². The molecule has 1 aromatic heterocycles. The summed E-state index contributed by atoms with van der Waals surface area (Å²) in [6.45, 7) is 4.69. The van der Waals surface area contributed by atoms with E-state index < -0.39 is 0 Å². The molecule has 1 heterocycles. The molecule has 2 aromatic rings. The normalized spacial score (nSPS) is 10.5. The number of nitrogens with one attached hydrogen (secondary N) is 2. The highest BCUT2D eigenvalue weighted by Gasteiger charge is 2.09. The van der Waals surface area contributed by atoms with Gasteiger partial charge < -0.3 is 10.6 Å². The van der Waals surface area contributed by atoms with E-state index in [2.05, 4.69) is 27.5 Å². The van der Waals surface area contributed by atoms with Gasteiger partial charge in [0.2, 0.25) is 0 Å². The zero-order valence-corrected chi connectivity index (χ0v) is 12.7. The number of hydrogen-bond acceptors (Lipinski definition) is 4. The van der Waals surface area contributed by atoms with Gasteiger partial charge in [0.1, 0.15) is 23.3 Å². The molecule has 0 spiro atoms. The number of aryl methyl sites for hydroxylation is 1. The first kappa shape index (κ1) is 15.2. The molecule has 0 saturated heterocycles. The third kappa shape index (κ3) is 3.90. The first-order chi connectivity index (χ1) is 10.1. The van der Waals surface area contributed by atoms with E-state index in [4.69, 9.17) is 0 Å². The van der Waals surface area contributed by atoms with Crippen molar-refractivity contribution in [3.05, 3.63) is 47.0 Å². The van der Waals surface area contributed by atoms with Crippen LogP contribution >= 0.6 is 0 Å². The quantitative estimate of drug-likeness (QED) is 0.853. The van der Waals surface area contributed by atoms with Crippen LogP contribution in [0, 0.1) is 12.7 Å². The van der Waals surface area contributed by atoms with E-state index in [-0.39, 0.29) is 5.82 Å². The van der Waals surface area contributed by atoms with E-state index in [1.54, 1.807) is 12.1 Å². The molecule has 5 heteroatoms. The average Bonchev–Trinajstić information content (AvgIpc) is 2.49. The number of nitrogens with zero attached hydrogens (tertiary/aromatic N) is 2. The van der Waals surface area contributed by atoms with Crippen LogP contribution in [-0.2, 0) is 13.0 Å². The molecular weight excluding hydrogens is 267 g/mol. The third-order valence-corrected chi connectivity index (χ3v) is 3.28. The Kier molecular flexibility index (Phi) is 5.09. The Morgan fingerprint density at radius 2 is 1.76 bits per heavy atom. The molecule has 0 radical (unpaired) electrons. The van der Waals surface area contributed by atoms with Crippen LogP contribution in [-0.4, -0.2) is 17.0 Å². The molecule has 4 nitrogen and oxygen atoms in total. The summed E-state index contributed by atoms with van der Waals surface area (Å²) >= 11 is 0. The Morgan fingerprint density at radius 3 is 2.38 bits per heavy atom. The van der Waals surface area contributed by atoms with Crippen molar-refractivity contribution in [1.29, 1.82) is 0 Å². The molecule has 0 amide bonds. The van der Waals surface area contributed by atoms with Crippen LogP contribution in [0.5, 0.6) is 0 Å². The van der Waals surface area contributed by atoms with E-state index in [1.165, 1.54) is 12.1 Å². The second kappa shape index (κ2) is 7.02. The van der Waals surface area contributed by atoms with Crippen molar-refractivity contribution in [2.45, 2.75) is 33.2 Å². The van der Waals surface area contributed by atoms with Crippen molar-refractivity contribution in [3.63, 3.8) is 0 Å². The topological polar surface area (TPSA) is 49.8 Å². The maximum atomic E-state index is 12.9. The molecule has 0 fully saturated rings. The fraction of sp³-hybridized carbons (Fsp3) is 0.375. The molecule has 1 aromatic carbocycles. The fourth-order valence-electron chi connectivity index (χ4n) is 2.10. The standard InChI is InChI=1S/C16H21FN4/c1-4-5-14-20-15(18-3)11(2)16(21-14)19-10-12-6-8-13(17)9-7-12/h6-9H,4-5,10H2,1-3H3,(H2,18,19,20,21). The van der Waals surface area contributed by atoms with Crippen LogP contribution in [0.15, 0.2) is 24.3 Å². The van der Waals surface area contributed by atoms with Crippen LogP contribution in [0.3, 0.4) is 0 Å². The molecule has 21 heavy (non-hydrogen) atoms. The average molecular weight is 288 g/mol. The zero-order valence-electron chi connectivity index (χ0n) is 12.7. The van der Waals surface area contributed by atoms with E-state index in [0.717, 1.165) is 41.4 Å². The molecule has 2 rings (SSSR count). The number of aromatic nitrogens is 2. The second-order valence-corrected chi connectivity index (χ2v) is 4.94. The molecule has 0 aliphatic rings. The van der Waals surface area contributed by atoms with Gasteiger partial charge in [-0.2, -0.15) is 0 Å². The summed E-state index contributed by atoms with van der Waals surface area (Å²) < 4.78 is 12.9. The number of benzene rings is 1. The highest BCUT2D eigenvalue weighted by molar-refractivity contribution is 5.57. The first-order valence-electron chi connectivity index (χ1n) is 7.17. The predicted molar refractivity (Wildman–Crippen MR) is 84.0 cm³/mol. The van der Waals surface area contributed by atoms with Crippen LogP contribution in [0.1, 0.15) is 30.3 Å². The summed E-state index contributed by atoms with van der Waals surface area (Å²) in [6.07, 6.45) is 1.85. The van der Waals surface area contributed by atoms with Gasteiger partial charge in [0.15, 0.2) is 0 Å². The molecule has 2 N–H and O–H groups in total. The van der Waals surface area contributed by atoms with Gasteiger partial charge >= 0.3 is 0 Å². The van der Waals surface area contributed by atoms with Crippen molar-refractivity contribution in [3.8, 4) is 0 Å². The van der Waals surface area contributed by atoms with Gasteiger partial charge in [0, 0.05) is 25.6 Å². The van der Waals surface area contributed by atoms with Gasteiger partial charge in [0.05, 0.1) is 0 Å². The minimum atomic E-state index is -0.223. The minimum absolute atomic E-state index is 0.223. The highest BCUT2D eigenvalue weighted by atomic mass is 19.1. The third-order valence-electron chi connectivity index (χ3n) is 3.28. The maximum Gasteiger partial charge on any atom is 0.135 e. The Bertz CT molecular complexity index is 596. The van der Waals surface area contributed by atoms with Crippen LogP contribution < -0.4 is 10.6 Å². The lowest BCUT2D eigenvalue weighted by Gasteiger charge is -2.13. The number of anilines is 2. The summed E-state index contributed by atoms with van der Waals surface area (Å²) in [5.74, 6) is 2.27. The molecule has 0 atom stereocenters. The number of rotatable bonds is 6. The van der Waals surface area contributed by atoms with Gasteiger partial charge in [-0.3, -0.25) is 0 Å². The van der Waals surface area contributed by atoms with Gasteiger partial charge in [-0.25, -0.2) is 14.4 Å². The largest absolute Gasteiger partial charge is 0.373 e. The van der Waals surface area contributed by atoms with Gasteiger partial charge in [-0.05, 0) is 31.0 Å². The second-order valence-electron chi connectivity index (χ2n) is 4.94. The Morgan fingerprint density at radius 1 is 1.10 bits per heavy atom. The molecular formula is C16H21FN4. The highest BCUT2D eigenvalue weighted by Crippen LogP contribution is 2.20. The van der Waals surface area contributed by atoms with Crippen molar-refractivity contribution >= 4 is 11.6 Å². The minimum Gasteiger partial charge on any atom is -0.373 e. The van der Waals surface area contributed by atoms with Crippen molar-refractivity contribution in [1.82, 2.24) is 9.97 Å². The summed E-state index contributed by atoms with van der Waals surface area (Å²) in [6, 6.07) is 6.46. The lowest BCUT2D eigenvalue weighted by atomic mass is 10.2. The summed E-state index contributed by atoms with van der Waals surface area (Å²) in [5, 5.41) is 6.41. The number of halogens is 1. The molecule has 0 bridgehead atoms. The number of hydrogen-bond donors (Lipinski definition) is 2. The lowest BCUT2D eigenvalue weighted by Crippen LogP contribution is -2.09. The zero-order chi connectivity index (χ0) is 15.2. The van der Waals surface area contributed by atoms with Crippen molar-refractivity contribution in [2.24, 2.45) is 0 Å². The maximum absolute atomic E-state index is 12.9.